The molecule has 8 nitrogen and oxygen atoms in total. The number of piperazine rings is 1. The first-order valence-corrected chi connectivity index (χ1v) is 11.6. The van der Waals surface area contributed by atoms with Crippen LogP contribution in [0.3, 0.4) is 0 Å². The predicted molar refractivity (Wildman–Crippen MR) is 132 cm³/mol. The number of halogens is 1. The molecular formula is C25H22BrN3O5. The standard InChI is InChI=1S/C25H22BrN3O5/c1-32-17-6-4-5-16(15-17)28-11-13-29(14-12-28)25(31)23-22(18-7-2-3-8-19(18)34-23)27-24(30)20-9-10-21(26)33-20/h2-10,15H,11-14H2,1H3,(H,27,30). The van der Waals surface area contributed by atoms with Gasteiger partial charge in [0.25, 0.3) is 11.8 Å². The maximum atomic E-state index is 13.5. The minimum absolute atomic E-state index is 0.106. The van der Waals surface area contributed by atoms with Crippen LogP contribution in [-0.4, -0.2) is 50.0 Å². The zero-order valence-electron chi connectivity index (χ0n) is 18.4. The highest BCUT2D eigenvalue weighted by molar-refractivity contribution is 9.10. The van der Waals surface area contributed by atoms with E-state index in [4.69, 9.17) is 13.6 Å². The van der Waals surface area contributed by atoms with E-state index in [0.29, 0.717) is 47.5 Å². The molecule has 1 saturated heterocycles. The van der Waals surface area contributed by atoms with Crippen molar-refractivity contribution in [3.63, 3.8) is 0 Å². The van der Waals surface area contributed by atoms with Gasteiger partial charge in [0.2, 0.25) is 5.76 Å². The van der Waals surface area contributed by atoms with Crippen LogP contribution in [0, 0.1) is 0 Å². The van der Waals surface area contributed by atoms with Gasteiger partial charge in [-0.3, -0.25) is 9.59 Å². The minimum atomic E-state index is -0.464. The van der Waals surface area contributed by atoms with Crippen LogP contribution in [0.1, 0.15) is 21.1 Å². The molecule has 1 fully saturated rings. The molecule has 2 amide bonds. The third-order valence-electron chi connectivity index (χ3n) is 5.81. The summed E-state index contributed by atoms with van der Waals surface area (Å²) in [7, 11) is 1.64. The SMILES string of the molecule is COc1cccc(N2CCN(C(=O)c3oc4ccccc4c3NC(=O)c3ccc(Br)o3)CC2)c1. The van der Waals surface area contributed by atoms with Gasteiger partial charge >= 0.3 is 0 Å². The van der Waals surface area contributed by atoms with E-state index in [1.807, 2.05) is 42.5 Å². The van der Waals surface area contributed by atoms with Gasteiger partial charge in [0.05, 0.1) is 7.11 Å². The third-order valence-corrected chi connectivity index (χ3v) is 6.24. The maximum Gasteiger partial charge on any atom is 0.291 e. The summed E-state index contributed by atoms with van der Waals surface area (Å²) in [6.07, 6.45) is 0. The van der Waals surface area contributed by atoms with E-state index in [2.05, 4.69) is 26.1 Å². The summed E-state index contributed by atoms with van der Waals surface area (Å²) in [5.74, 6) is 0.297. The zero-order chi connectivity index (χ0) is 23.7. The molecule has 0 atom stereocenters. The van der Waals surface area contributed by atoms with Crippen LogP contribution in [0.15, 0.2) is 74.2 Å². The summed E-state index contributed by atoms with van der Waals surface area (Å²) in [4.78, 5) is 30.2. The molecule has 4 aromatic rings. The minimum Gasteiger partial charge on any atom is -0.497 e. The van der Waals surface area contributed by atoms with Crippen LogP contribution >= 0.6 is 15.9 Å². The molecule has 1 aliphatic rings. The van der Waals surface area contributed by atoms with Gasteiger partial charge < -0.3 is 28.7 Å². The number of nitrogens with zero attached hydrogens (tertiary/aromatic N) is 2. The molecule has 2 aromatic heterocycles. The fraction of sp³-hybridized carbons (Fsp3) is 0.200. The molecule has 5 rings (SSSR count). The molecule has 0 aliphatic carbocycles. The maximum absolute atomic E-state index is 13.5. The number of methoxy groups -OCH3 is 1. The lowest BCUT2D eigenvalue weighted by Gasteiger charge is -2.36. The molecular weight excluding hydrogens is 502 g/mol. The topological polar surface area (TPSA) is 88.2 Å². The number of rotatable bonds is 5. The fourth-order valence-corrected chi connectivity index (χ4v) is 4.36. The summed E-state index contributed by atoms with van der Waals surface area (Å²) >= 11 is 3.20. The molecule has 174 valence electrons. The van der Waals surface area contributed by atoms with Crippen LogP contribution in [0.5, 0.6) is 5.75 Å². The van der Waals surface area contributed by atoms with Crippen molar-refractivity contribution in [3.8, 4) is 5.75 Å². The van der Waals surface area contributed by atoms with Crippen molar-refractivity contribution in [2.75, 3.05) is 43.5 Å². The highest BCUT2D eigenvalue weighted by Crippen LogP contribution is 2.33. The van der Waals surface area contributed by atoms with Gasteiger partial charge in [0.1, 0.15) is 17.0 Å². The molecule has 0 radical (unpaired) electrons. The Balaban J connectivity index is 1.37. The molecule has 0 unspecified atom stereocenters. The molecule has 34 heavy (non-hydrogen) atoms. The lowest BCUT2D eigenvalue weighted by molar-refractivity contribution is 0.0718. The molecule has 2 aromatic carbocycles. The van der Waals surface area contributed by atoms with Crippen molar-refractivity contribution in [2.45, 2.75) is 0 Å². The summed E-state index contributed by atoms with van der Waals surface area (Å²) in [6.45, 7) is 2.37. The highest BCUT2D eigenvalue weighted by Gasteiger charge is 2.29. The van der Waals surface area contributed by atoms with Gasteiger partial charge in [0, 0.05) is 43.3 Å². The van der Waals surface area contributed by atoms with Gasteiger partial charge in [-0.05, 0) is 52.3 Å². The first-order valence-electron chi connectivity index (χ1n) is 10.8. The normalized spacial score (nSPS) is 13.8. The Kier molecular flexibility index (Phi) is 6.02. The van der Waals surface area contributed by atoms with E-state index in [1.165, 1.54) is 0 Å². The number of benzene rings is 2. The first-order chi connectivity index (χ1) is 16.5. The van der Waals surface area contributed by atoms with Gasteiger partial charge in [-0.1, -0.05) is 18.2 Å². The van der Waals surface area contributed by atoms with Gasteiger partial charge in [0.15, 0.2) is 10.4 Å². The Morgan fingerprint density at radius 2 is 1.76 bits per heavy atom. The van der Waals surface area contributed by atoms with Crippen molar-refractivity contribution in [2.24, 2.45) is 0 Å². The van der Waals surface area contributed by atoms with Crippen molar-refractivity contribution < 1.29 is 23.2 Å². The Morgan fingerprint density at radius 3 is 2.50 bits per heavy atom. The number of para-hydroxylation sites is 1. The largest absolute Gasteiger partial charge is 0.497 e. The molecule has 3 heterocycles. The second kappa shape index (κ2) is 9.26. The van der Waals surface area contributed by atoms with Crippen molar-refractivity contribution in [1.82, 2.24) is 4.90 Å². The molecule has 0 bridgehead atoms. The Bertz CT molecular complexity index is 1350. The van der Waals surface area contributed by atoms with Gasteiger partial charge in [-0.25, -0.2) is 0 Å². The van der Waals surface area contributed by atoms with E-state index in [1.54, 1.807) is 30.2 Å². The molecule has 9 heteroatoms. The van der Waals surface area contributed by atoms with Crippen molar-refractivity contribution in [1.29, 1.82) is 0 Å². The van der Waals surface area contributed by atoms with Crippen LogP contribution in [-0.2, 0) is 0 Å². The number of hydrogen-bond acceptors (Lipinski definition) is 6. The predicted octanol–water partition coefficient (Wildman–Crippen LogP) is 5.01. The lowest BCUT2D eigenvalue weighted by Crippen LogP contribution is -2.48. The van der Waals surface area contributed by atoms with Crippen molar-refractivity contribution in [3.05, 3.63) is 76.9 Å². The molecule has 0 saturated carbocycles. The van der Waals surface area contributed by atoms with E-state index in [9.17, 15) is 9.59 Å². The van der Waals surface area contributed by atoms with Crippen LogP contribution in [0.4, 0.5) is 11.4 Å². The number of ether oxygens (including phenoxy) is 1. The Labute approximate surface area is 204 Å². The third kappa shape index (κ3) is 4.26. The number of amides is 2. The monoisotopic (exact) mass is 523 g/mol. The van der Waals surface area contributed by atoms with Crippen LogP contribution in [0.25, 0.3) is 11.0 Å². The average molecular weight is 524 g/mol. The average Bonchev–Trinajstić information content (AvgIpc) is 3.47. The quantitative estimate of drug-likeness (QED) is 0.395. The molecule has 1 aliphatic heterocycles. The number of fused-ring (bicyclic) bond motifs is 1. The lowest BCUT2D eigenvalue weighted by atomic mass is 10.2. The highest BCUT2D eigenvalue weighted by atomic mass is 79.9. The van der Waals surface area contributed by atoms with Gasteiger partial charge in [-0.2, -0.15) is 0 Å². The number of nitrogens with one attached hydrogen (secondary N) is 1. The second-order valence-corrected chi connectivity index (χ2v) is 8.62. The summed E-state index contributed by atoms with van der Waals surface area (Å²) in [6, 6.07) is 18.3. The van der Waals surface area contributed by atoms with Crippen molar-refractivity contribution >= 4 is 50.1 Å². The number of hydrogen-bond donors (Lipinski definition) is 1. The van der Waals surface area contributed by atoms with E-state index < -0.39 is 5.91 Å². The first kappa shape index (κ1) is 22.1. The summed E-state index contributed by atoms with van der Waals surface area (Å²) in [5.41, 5.74) is 1.91. The van der Waals surface area contributed by atoms with E-state index in [-0.39, 0.29) is 17.4 Å². The number of anilines is 2. The number of carbonyl (C=O) groups is 2. The van der Waals surface area contributed by atoms with E-state index in [0.717, 1.165) is 11.4 Å². The summed E-state index contributed by atoms with van der Waals surface area (Å²) < 4.78 is 17.0. The van der Waals surface area contributed by atoms with E-state index >= 15 is 0 Å². The Hall–Kier alpha value is -3.72. The number of furan rings is 2. The second-order valence-electron chi connectivity index (χ2n) is 7.84. The zero-order valence-corrected chi connectivity index (χ0v) is 20.0. The number of carbonyl (C=O) groups excluding carboxylic acids is 2. The van der Waals surface area contributed by atoms with Crippen LogP contribution < -0.4 is 15.0 Å². The molecule has 0 spiro atoms. The smallest absolute Gasteiger partial charge is 0.291 e. The Morgan fingerprint density at radius 1 is 0.971 bits per heavy atom. The van der Waals surface area contributed by atoms with Gasteiger partial charge in [-0.15, -0.1) is 0 Å². The fourth-order valence-electron chi connectivity index (χ4n) is 4.05. The summed E-state index contributed by atoms with van der Waals surface area (Å²) in [5, 5.41) is 3.46. The molecule has 1 N–H and O–H groups in total. The van der Waals surface area contributed by atoms with Crippen LogP contribution in [0.2, 0.25) is 0 Å².